The lowest BCUT2D eigenvalue weighted by Crippen LogP contribution is -2.35. The number of anilines is 1. The van der Waals surface area contributed by atoms with Crippen molar-refractivity contribution in [3.05, 3.63) is 75.2 Å². The number of hydrogen-bond acceptors (Lipinski definition) is 5. The summed E-state index contributed by atoms with van der Waals surface area (Å²) in [4.78, 5) is 26.1. The third kappa shape index (κ3) is 3.59. The molecule has 4 rings (SSSR count). The van der Waals surface area contributed by atoms with Gasteiger partial charge in [-0.05, 0) is 42.8 Å². The van der Waals surface area contributed by atoms with E-state index in [9.17, 15) is 9.18 Å². The molecule has 0 aliphatic carbocycles. The van der Waals surface area contributed by atoms with Crippen LogP contribution in [0, 0.1) is 12.9 Å². The summed E-state index contributed by atoms with van der Waals surface area (Å²) in [5.41, 5.74) is 10.1. The molecule has 0 unspecified atom stereocenters. The Morgan fingerprint density at radius 3 is 2.81 bits per heavy atom. The molecule has 6 nitrogen and oxygen atoms in total. The average Bonchev–Trinajstić information content (AvgIpc) is 2.66. The number of aryl methyl sites for hydroxylation is 1. The minimum atomic E-state index is -0.446. The Hall–Kier alpha value is -3.06. The van der Waals surface area contributed by atoms with Gasteiger partial charge >= 0.3 is 0 Å². The fraction of sp³-hybridized carbons (Fsp3) is 0.250. The highest BCUT2D eigenvalue weighted by atomic mass is 19.1. The van der Waals surface area contributed by atoms with Crippen LogP contribution in [0.3, 0.4) is 0 Å². The van der Waals surface area contributed by atoms with Crippen molar-refractivity contribution in [3.63, 3.8) is 0 Å². The maximum atomic E-state index is 13.3. The first-order valence-corrected chi connectivity index (χ1v) is 8.81. The van der Waals surface area contributed by atoms with Crippen molar-refractivity contribution >= 4 is 5.69 Å². The van der Waals surface area contributed by atoms with E-state index in [1.807, 2.05) is 12.1 Å². The Morgan fingerprint density at radius 1 is 1.30 bits per heavy atom. The van der Waals surface area contributed by atoms with E-state index in [-0.39, 0.29) is 5.56 Å². The second kappa shape index (κ2) is 6.92. The third-order valence-electron chi connectivity index (χ3n) is 4.81. The molecule has 1 aliphatic heterocycles. The summed E-state index contributed by atoms with van der Waals surface area (Å²) in [6.45, 7) is 3.61. The van der Waals surface area contributed by atoms with E-state index >= 15 is 0 Å². The molecule has 1 aliphatic rings. The van der Waals surface area contributed by atoms with Crippen LogP contribution in [0.5, 0.6) is 0 Å². The molecule has 27 heavy (non-hydrogen) atoms. The number of fused-ring (bicyclic) bond motifs is 1. The molecule has 0 bridgehead atoms. The van der Waals surface area contributed by atoms with Crippen LogP contribution >= 0.6 is 0 Å². The van der Waals surface area contributed by atoms with E-state index in [1.165, 1.54) is 0 Å². The number of hydrogen-bond donors (Lipinski definition) is 2. The molecule has 3 N–H and O–H groups in total. The molecule has 7 heteroatoms. The fourth-order valence-corrected chi connectivity index (χ4v) is 3.35. The van der Waals surface area contributed by atoms with Gasteiger partial charge in [0.15, 0.2) is 0 Å². The van der Waals surface area contributed by atoms with Gasteiger partial charge in [0, 0.05) is 49.1 Å². The molecule has 138 valence electrons. The Balaban J connectivity index is 1.57. The van der Waals surface area contributed by atoms with Gasteiger partial charge in [-0.2, -0.15) is 4.39 Å². The number of nitrogens with two attached hydrogens (primary N) is 1. The molecule has 0 spiro atoms. The van der Waals surface area contributed by atoms with E-state index in [0.717, 1.165) is 23.4 Å². The molecule has 1 aromatic carbocycles. The zero-order chi connectivity index (χ0) is 19.0. The number of benzene rings is 1. The zero-order valence-corrected chi connectivity index (χ0v) is 15.0. The highest BCUT2D eigenvalue weighted by Gasteiger charge is 2.22. The maximum absolute atomic E-state index is 13.3. The number of pyridine rings is 1. The third-order valence-corrected chi connectivity index (χ3v) is 4.81. The van der Waals surface area contributed by atoms with Gasteiger partial charge in [0.1, 0.15) is 5.82 Å². The number of aromatic nitrogens is 3. The topological polar surface area (TPSA) is 87.9 Å². The monoisotopic (exact) mass is 365 g/mol. The Bertz CT molecular complexity index is 1050. The Labute approximate surface area is 155 Å². The normalized spacial score (nSPS) is 14.1. The summed E-state index contributed by atoms with van der Waals surface area (Å²) >= 11 is 0. The van der Waals surface area contributed by atoms with Gasteiger partial charge < -0.3 is 10.7 Å². The first-order chi connectivity index (χ1) is 13.0. The Morgan fingerprint density at radius 2 is 2.07 bits per heavy atom. The van der Waals surface area contributed by atoms with Crippen LogP contribution in [0.15, 0.2) is 41.3 Å². The highest BCUT2D eigenvalue weighted by Crippen LogP contribution is 2.21. The number of aromatic amines is 1. The molecule has 0 amide bonds. The van der Waals surface area contributed by atoms with Crippen molar-refractivity contribution in [2.75, 3.05) is 12.3 Å². The quantitative estimate of drug-likeness (QED) is 0.550. The molecular weight excluding hydrogens is 345 g/mol. The van der Waals surface area contributed by atoms with Crippen molar-refractivity contribution in [1.82, 2.24) is 19.9 Å². The van der Waals surface area contributed by atoms with Crippen molar-refractivity contribution in [2.45, 2.75) is 26.4 Å². The fourth-order valence-electron chi connectivity index (χ4n) is 3.35. The minimum Gasteiger partial charge on any atom is -0.399 e. The van der Waals surface area contributed by atoms with Crippen molar-refractivity contribution < 1.29 is 4.39 Å². The first kappa shape index (κ1) is 17.4. The summed E-state index contributed by atoms with van der Waals surface area (Å²) in [6.07, 6.45) is 2.24. The van der Waals surface area contributed by atoms with Gasteiger partial charge in [0.25, 0.3) is 5.56 Å². The zero-order valence-electron chi connectivity index (χ0n) is 15.0. The average molecular weight is 365 g/mol. The van der Waals surface area contributed by atoms with Gasteiger partial charge in [-0.3, -0.25) is 9.69 Å². The first-order valence-electron chi connectivity index (χ1n) is 8.81. The second-order valence-electron chi connectivity index (χ2n) is 6.87. The number of H-pyrrole nitrogens is 1. The lowest BCUT2D eigenvalue weighted by molar-refractivity contribution is 0.241. The smallest absolute Gasteiger partial charge is 0.255 e. The number of nitrogens with one attached hydrogen (secondary N) is 1. The second-order valence-corrected chi connectivity index (χ2v) is 6.87. The maximum Gasteiger partial charge on any atom is 0.255 e. The molecule has 0 radical (unpaired) electrons. The summed E-state index contributed by atoms with van der Waals surface area (Å²) in [6, 6.07) is 9.06. The van der Waals surface area contributed by atoms with Crippen molar-refractivity contribution in [1.29, 1.82) is 0 Å². The molecule has 2 aromatic heterocycles. The molecule has 3 aromatic rings. The van der Waals surface area contributed by atoms with E-state index in [0.29, 0.717) is 42.1 Å². The lowest BCUT2D eigenvalue weighted by atomic mass is 10.1. The number of rotatable bonds is 3. The SMILES string of the molecule is Cc1cc(CN2CCc3nc(-c4ccc(N)cc4)[nH]c(=O)c3C2)cnc1F. The van der Waals surface area contributed by atoms with Crippen LogP contribution in [0.2, 0.25) is 0 Å². The number of halogens is 1. The number of nitrogens with zero attached hydrogens (tertiary/aromatic N) is 3. The molecular formula is C20H20FN5O. The molecule has 3 heterocycles. The van der Waals surface area contributed by atoms with Gasteiger partial charge in [0.2, 0.25) is 5.95 Å². The predicted molar refractivity (Wildman–Crippen MR) is 101 cm³/mol. The van der Waals surface area contributed by atoms with Crippen LogP contribution in [-0.2, 0) is 19.5 Å². The van der Waals surface area contributed by atoms with Crippen LogP contribution in [0.1, 0.15) is 22.4 Å². The van der Waals surface area contributed by atoms with Crippen molar-refractivity contribution in [3.8, 4) is 11.4 Å². The van der Waals surface area contributed by atoms with E-state index < -0.39 is 5.95 Å². The van der Waals surface area contributed by atoms with E-state index in [4.69, 9.17) is 5.73 Å². The Kier molecular flexibility index (Phi) is 4.45. The van der Waals surface area contributed by atoms with Crippen molar-refractivity contribution in [2.24, 2.45) is 0 Å². The van der Waals surface area contributed by atoms with Crippen LogP contribution in [0.4, 0.5) is 10.1 Å². The van der Waals surface area contributed by atoms with Gasteiger partial charge in [-0.1, -0.05) is 0 Å². The molecule has 0 atom stereocenters. The molecule has 0 saturated heterocycles. The van der Waals surface area contributed by atoms with E-state index in [2.05, 4.69) is 19.9 Å². The summed E-state index contributed by atoms with van der Waals surface area (Å²) < 4.78 is 13.3. The standard InChI is InChI=1S/C20H20FN5O/c1-12-8-13(9-23-18(12)21)10-26-7-6-17-16(11-26)20(27)25-19(24-17)14-2-4-15(22)5-3-14/h2-5,8-9H,6-7,10-11,22H2,1H3,(H,24,25,27). The van der Waals surface area contributed by atoms with Gasteiger partial charge in [-0.15, -0.1) is 0 Å². The van der Waals surface area contributed by atoms with E-state index in [1.54, 1.807) is 31.3 Å². The molecule has 0 saturated carbocycles. The van der Waals surface area contributed by atoms with Crippen LogP contribution < -0.4 is 11.3 Å². The largest absolute Gasteiger partial charge is 0.399 e. The summed E-state index contributed by atoms with van der Waals surface area (Å²) in [5, 5.41) is 0. The van der Waals surface area contributed by atoms with Crippen LogP contribution in [-0.4, -0.2) is 26.4 Å². The highest BCUT2D eigenvalue weighted by molar-refractivity contribution is 5.58. The van der Waals surface area contributed by atoms with Gasteiger partial charge in [0.05, 0.1) is 11.3 Å². The lowest BCUT2D eigenvalue weighted by Gasteiger charge is -2.27. The summed E-state index contributed by atoms with van der Waals surface area (Å²) in [7, 11) is 0. The van der Waals surface area contributed by atoms with Gasteiger partial charge in [-0.25, -0.2) is 9.97 Å². The minimum absolute atomic E-state index is 0.120. The molecule has 0 fully saturated rings. The van der Waals surface area contributed by atoms with Crippen LogP contribution in [0.25, 0.3) is 11.4 Å². The number of nitrogen functional groups attached to an aromatic ring is 1. The predicted octanol–water partition coefficient (Wildman–Crippen LogP) is 2.42. The summed E-state index contributed by atoms with van der Waals surface area (Å²) in [5.74, 6) is 0.115.